The summed E-state index contributed by atoms with van der Waals surface area (Å²) in [5.74, 6) is 0.0127. The van der Waals surface area contributed by atoms with Crippen molar-refractivity contribution < 1.29 is 33.6 Å². The molecule has 0 aliphatic carbocycles. The molecule has 2 heterocycles. The van der Waals surface area contributed by atoms with Crippen LogP contribution in [-0.2, 0) is 20.9 Å². The highest BCUT2D eigenvalue weighted by Gasteiger charge is 2.35. The Morgan fingerprint density at radius 3 is 2.57 bits per heavy atom. The van der Waals surface area contributed by atoms with Crippen molar-refractivity contribution in [1.29, 1.82) is 0 Å². The SMILES string of the molecule is COc1cc([C@@H](C(=O)NC[C@H]2CCCO2)N(C(=O)Cn2nnc3ccccc32)c2ccc(OC)c(OC)c2)ccc1O. The van der Waals surface area contributed by atoms with E-state index in [9.17, 15) is 14.7 Å². The van der Waals surface area contributed by atoms with Crippen LogP contribution >= 0.6 is 0 Å². The molecule has 1 fully saturated rings. The number of carbonyl (C=O) groups is 2. The van der Waals surface area contributed by atoms with Gasteiger partial charge in [-0.3, -0.25) is 14.5 Å². The fourth-order valence-electron chi connectivity index (χ4n) is 5.05. The summed E-state index contributed by atoms with van der Waals surface area (Å²) < 4.78 is 23.5. The van der Waals surface area contributed by atoms with Gasteiger partial charge in [0.1, 0.15) is 18.1 Å². The number of benzene rings is 3. The summed E-state index contributed by atoms with van der Waals surface area (Å²) in [5, 5.41) is 21.6. The first kappa shape index (κ1) is 28.7. The van der Waals surface area contributed by atoms with Crippen LogP contribution in [0.4, 0.5) is 5.69 Å². The van der Waals surface area contributed by atoms with E-state index in [0.717, 1.165) is 12.8 Å². The Morgan fingerprint density at radius 2 is 1.83 bits per heavy atom. The van der Waals surface area contributed by atoms with Crippen molar-refractivity contribution in [3.63, 3.8) is 0 Å². The van der Waals surface area contributed by atoms with E-state index in [4.69, 9.17) is 18.9 Å². The van der Waals surface area contributed by atoms with Gasteiger partial charge in [-0.2, -0.15) is 0 Å². The number of ether oxygens (including phenoxy) is 4. The fraction of sp³-hybridized carbons (Fsp3) is 0.333. The molecule has 1 aromatic heterocycles. The van der Waals surface area contributed by atoms with E-state index in [0.29, 0.717) is 40.4 Å². The highest BCUT2D eigenvalue weighted by molar-refractivity contribution is 6.02. The molecule has 0 bridgehead atoms. The molecule has 4 aromatic rings. The lowest BCUT2D eigenvalue weighted by Gasteiger charge is -2.32. The maximum Gasteiger partial charge on any atom is 0.249 e. The average Bonchev–Trinajstić information content (AvgIpc) is 3.69. The molecule has 12 nitrogen and oxygen atoms in total. The molecule has 5 rings (SSSR count). The van der Waals surface area contributed by atoms with Gasteiger partial charge in [-0.25, -0.2) is 4.68 Å². The van der Waals surface area contributed by atoms with E-state index in [1.807, 2.05) is 18.2 Å². The number of nitrogens with zero attached hydrogens (tertiary/aromatic N) is 4. The number of para-hydroxylation sites is 1. The molecular formula is C30H33N5O7. The van der Waals surface area contributed by atoms with E-state index in [1.54, 1.807) is 30.3 Å². The predicted molar refractivity (Wildman–Crippen MR) is 154 cm³/mol. The number of nitrogens with one attached hydrogen (secondary N) is 1. The summed E-state index contributed by atoms with van der Waals surface area (Å²) in [4.78, 5) is 29.7. The summed E-state index contributed by atoms with van der Waals surface area (Å²) in [7, 11) is 4.42. The lowest BCUT2D eigenvalue weighted by molar-refractivity contribution is -0.127. The zero-order chi connectivity index (χ0) is 29.6. The normalized spacial score (nSPS) is 15.3. The van der Waals surface area contributed by atoms with E-state index >= 15 is 0 Å². The summed E-state index contributed by atoms with van der Waals surface area (Å²) in [6.45, 7) is 0.715. The zero-order valence-corrected chi connectivity index (χ0v) is 23.6. The first-order chi connectivity index (χ1) is 20.4. The van der Waals surface area contributed by atoms with Crippen LogP contribution < -0.4 is 24.4 Å². The van der Waals surface area contributed by atoms with Gasteiger partial charge in [-0.1, -0.05) is 23.4 Å². The molecule has 220 valence electrons. The van der Waals surface area contributed by atoms with Crippen molar-refractivity contribution in [2.45, 2.75) is 31.5 Å². The largest absolute Gasteiger partial charge is 0.504 e. The Kier molecular flexibility index (Phi) is 8.72. The molecule has 1 aliphatic heterocycles. The third-order valence-electron chi connectivity index (χ3n) is 7.17. The van der Waals surface area contributed by atoms with Gasteiger partial charge in [0.25, 0.3) is 0 Å². The Labute approximate surface area is 242 Å². The van der Waals surface area contributed by atoms with E-state index < -0.39 is 17.9 Å². The van der Waals surface area contributed by atoms with Crippen LogP contribution in [0.5, 0.6) is 23.0 Å². The molecule has 0 radical (unpaired) electrons. The van der Waals surface area contributed by atoms with Crippen molar-refractivity contribution in [2.24, 2.45) is 0 Å². The summed E-state index contributed by atoms with van der Waals surface area (Å²) in [6, 6.07) is 15.7. The molecule has 42 heavy (non-hydrogen) atoms. The highest BCUT2D eigenvalue weighted by Crippen LogP contribution is 2.38. The molecule has 1 aliphatic rings. The highest BCUT2D eigenvalue weighted by atomic mass is 16.5. The maximum atomic E-state index is 14.3. The lowest BCUT2D eigenvalue weighted by atomic mass is 10.0. The third-order valence-corrected chi connectivity index (χ3v) is 7.17. The van der Waals surface area contributed by atoms with Crippen LogP contribution in [0.25, 0.3) is 11.0 Å². The molecule has 2 N–H and O–H groups in total. The minimum Gasteiger partial charge on any atom is -0.504 e. The number of rotatable bonds is 11. The topological polar surface area (TPSA) is 137 Å². The van der Waals surface area contributed by atoms with Gasteiger partial charge in [-0.05, 0) is 54.8 Å². The van der Waals surface area contributed by atoms with Crippen molar-refractivity contribution in [3.05, 3.63) is 66.2 Å². The van der Waals surface area contributed by atoms with Gasteiger partial charge in [0, 0.05) is 24.9 Å². The fourth-order valence-corrected chi connectivity index (χ4v) is 5.05. The molecule has 0 unspecified atom stereocenters. The number of phenols is 1. The molecule has 1 saturated heterocycles. The predicted octanol–water partition coefficient (Wildman–Crippen LogP) is 3.23. The summed E-state index contributed by atoms with van der Waals surface area (Å²) in [5.41, 5.74) is 2.10. The van der Waals surface area contributed by atoms with Crippen LogP contribution in [0, 0.1) is 0 Å². The monoisotopic (exact) mass is 575 g/mol. The Morgan fingerprint density at radius 1 is 1.05 bits per heavy atom. The van der Waals surface area contributed by atoms with Gasteiger partial charge in [0.2, 0.25) is 11.8 Å². The second-order valence-electron chi connectivity index (χ2n) is 9.75. The van der Waals surface area contributed by atoms with Crippen LogP contribution in [0.3, 0.4) is 0 Å². The van der Waals surface area contributed by atoms with Gasteiger partial charge < -0.3 is 29.4 Å². The van der Waals surface area contributed by atoms with Crippen LogP contribution in [0.2, 0.25) is 0 Å². The van der Waals surface area contributed by atoms with Gasteiger partial charge in [0.15, 0.2) is 23.0 Å². The molecule has 2 amide bonds. The Bertz CT molecular complexity index is 1570. The molecule has 0 saturated carbocycles. The first-order valence-electron chi connectivity index (χ1n) is 13.5. The summed E-state index contributed by atoms with van der Waals surface area (Å²) >= 11 is 0. The Balaban J connectivity index is 1.61. The van der Waals surface area contributed by atoms with Crippen molar-refractivity contribution >= 4 is 28.5 Å². The number of methoxy groups -OCH3 is 3. The van der Waals surface area contributed by atoms with E-state index in [1.165, 1.54) is 43.0 Å². The van der Waals surface area contributed by atoms with Crippen LogP contribution in [0.15, 0.2) is 60.7 Å². The second kappa shape index (κ2) is 12.8. The van der Waals surface area contributed by atoms with Crippen molar-refractivity contribution in [1.82, 2.24) is 20.3 Å². The van der Waals surface area contributed by atoms with Crippen molar-refractivity contribution in [3.8, 4) is 23.0 Å². The number of anilines is 1. The minimum atomic E-state index is -1.17. The molecule has 3 aromatic carbocycles. The quantitative estimate of drug-likeness (QED) is 0.276. The van der Waals surface area contributed by atoms with Crippen LogP contribution in [0.1, 0.15) is 24.4 Å². The molecule has 2 atom stereocenters. The number of phenolic OH excluding ortho intramolecular Hbond substituents is 1. The Hall–Kier alpha value is -4.84. The smallest absolute Gasteiger partial charge is 0.249 e. The number of carbonyl (C=O) groups excluding carboxylic acids is 2. The van der Waals surface area contributed by atoms with E-state index in [2.05, 4.69) is 15.6 Å². The van der Waals surface area contributed by atoms with Crippen molar-refractivity contribution in [2.75, 3.05) is 39.4 Å². The number of amides is 2. The summed E-state index contributed by atoms with van der Waals surface area (Å²) in [6.07, 6.45) is 1.63. The number of aromatic hydroxyl groups is 1. The average molecular weight is 576 g/mol. The van der Waals surface area contributed by atoms with Gasteiger partial charge in [-0.15, -0.1) is 5.10 Å². The first-order valence-corrected chi connectivity index (χ1v) is 13.5. The van der Waals surface area contributed by atoms with Gasteiger partial charge in [0.05, 0.1) is 33.0 Å². The number of hydrogen-bond acceptors (Lipinski definition) is 9. The molecule has 0 spiro atoms. The molecule has 12 heteroatoms. The standard InChI is InChI=1S/C30H33N5O7/c1-39-25-13-11-20(16-27(25)41-3)35(28(37)18-34-23-9-5-4-8-22(23)32-33-34)29(19-10-12-24(36)26(15-19)40-2)30(38)31-17-21-7-6-14-42-21/h4-5,8-13,15-16,21,29,36H,6-7,14,17-18H2,1-3H3,(H,31,38)/t21-,29+/m1/s1. The van der Waals surface area contributed by atoms with E-state index in [-0.39, 0.29) is 30.7 Å². The minimum absolute atomic E-state index is 0.0992. The zero-order valence-electron chi connectivity index (χ0n) is 23.6. The van der Waals surface area contributed by atoms with Crippen LogP contribution in [-0.4, -0.2) is 72.5 Å². The lowest BCUT2D eigenvalue weighted by Crippen LogP contribution is -2.46. The number of fused-ring (bicyclic) bond motifs is 1. The van der Waals surface area contributed by atoms with Gasteiger partial charge >= 0.3 is 0 Å². The number of aromatic nitrogens is 3. The third kappa shape index (κ3) is 5.93. The molecular weight excluding hydrogens is 542 g/mol. The second-order valence-corrected chi connectivity index (χ2v) is 9.75. The number of hydrogen-bond donors (Lipinski definition) is 2. The maximum absolute atomic E-state index is 14.3.